The van der Waals surface area contributed by atoms with Crippen LogP contribution in [-0.2, 0) is 4.79 Å². The summed E-state index contributed by atoms with van der Waals surface area (Å²) in [5.41, 5.74) is 5.68. The van der Waals surface area contributed by atoms with Crippen molar-refractivity contribution in [3.05, 3.63) is 0 Å². The Hall–Kier alpha value is -0.280. The Morgan fingerprint density at radius 3 is 2.38 bits per heavy atom. The predicted molar refractivity (Wildman–Crippen MR) is 65.3 cm³/mol. The molecular weight excluding hydrogens is 224 g/mol. The average Bonchev–Trinajstić information content (AvgIpc) is 3.15. The quantitative estimate of drug-likeness (QED) is 0.784. The molecule has 3 nitrogen and oxygen atoms in total. The minimum Gasteiger partial charge on any atom is -0.352 e. The summed E-state index contributed by atoms with van der Waals surface area (Å²) in [5, 5.41) is 3.16. The van der Waals surface area contributed by atoms with Gasteiger partial charge in [0.05, 0.1) is 0 Å². The number of fused-ring (bicyclic) bond motifs is 1. The van der Waals surface area contributed by atoms with E-state index < -0.39 is 0 Å². The van der Waals surface area contributed by atoms with Gasteiger partial charge in [-0.05, 0) is 43.4 Å². The normalized spacial score (nSPS) is 37.2. The number of nitrogens with two attached hydrogens (primary N) is 1. The maximum absolute atomic E-state index is 12.0. The Labute approximate surface area is 103 Å². The lowest BCUT2D eigenvalue weighted by molar-refractivity contribution is -0.123. The van der Waals surface area contributed by atoms with Crippen molar-refractivity contribution in [1.82, 2.24) is 5.32 Å². The molecule has 1 amide bonds. The molecule has 0 radical (unpaired) electrons. The van der Waals surface area contributed by atoms with Gasteiger partial charge in [0.25, 0.3) is 0 Å². The van der Waals surface area contributed by atoms with Gasteiger partial charge in [-0.3, -0.25) is 4.79 Å². The molecule has 0 bridgehead atoms. The van der Waals surface area contributed by atoms with E-state index in [0.717, 1.165) is 11.8 Å². The Balaban J connectivity index is 0.000000963. The molecule has 0 aromatic carbocycles. The highest BCUT2D eigenvalue weighted by molar-refractivity contribution is 5.85. The Kier molecular flexibility index (Phi) is 3.45. The van der Waals surface area contributed by atoms with E-state index in [2.05, 4.69) is 5.32 Å². The molecule has 3 N–H and O–H groups in total. The summed E-state index contributed by atoms with van der Waals surface area (Å²) in [7, 11) is 0. The fourth-order valence-electron chi connectivity index (χ4n) is 3.36. The lowest BCUT2D eigenvalue weighted by Crippen LogP contribution is -2.43. The van der Waals surface area contributed by atoms with Gasteiger partial charge in [-0.15, -0.1) is 12.4 Å². The Morgan fingerprint density at radius 1 is 1.25 bits per heavy atom. The molecule has 0 saturated heterocycles. The van der Waals surface area contributed by atoms with Crippen molar-refractivity contribution in [3.8, 4) is 0 Å². The van der Waals surface area contributed by atoms with Crippen molar-refractivity contribution in [3.63, 3.8) is 0 Å². The molecule has 3 saturated carbocycles. The third-order valence-electron chi connectivity index (χ3n) is 4.48. The molecule has 16 heavy (non-hydrogen) atoms. The van der Waals surface area contributed by atoms with Gasteiger partial charge in [0, 0.05) is 18.5 Å². The highest BCUT2D eigenvalue weighted by Crippen LogP contribution is 2.57. The number of carbonyl (C=O) groups excluding carboxylic acids is 1. The molecule has 0 spiro atoms. The van der Waals surface area contributed by atoms with Crippen molar-refractivity contribution < 1.29 is 4.79 Å². The Bertz CT molecular complexity index is 270. The van der Waals surface area contributed by atoms with E-state index in [0.29, 0.717) is 24.3 Å². The zero-order chi connectivity index (χ0) is 10.4. The molecule has 3 aliphatic carbocycles. The van der Waals surface area contributed by atoms with Crippen LogP contribution < -0.4 is 11.1 Å². The van der Waals surface area contributed by atoms with E-state index in [4.69, 9.17) is 5.73 Å². The van der Waals surface area contributed by atoms with Gasteiger partial charge in [0.2, 0.25) is 5.91 Å². The zero-order valence-electron chi connectivity index (χ0n) is 9.52. The monoisotopic (exact) mass is 244 g/mol. The predicted octanol–water partition coefficient (Wildman–Crippen LogP) is 1.31. The molecule has 0 heterocycles. The molecule has 3 fully saturated rings. The second-order valence-corrected chi connectivity index (χ2v) is 5.47. The van der Waals surface area contributed by atoms with Crippen LogP contribution in [0, 0.1) is 23.7 Å². The minimum absolute atomic E-state index is 0. The third kappa shape index (κ3) is 2.07. The van der Waals surface area contributed by atoms with Crippen LogP contribution in [0.2, 0.25) is 0 Å². The first kappa shape index (κ1) is 12.2. The van der Waals surface area contributed by atoms with Crippen LogP contribution in [0.1, 0.15) is 32.1 Å². The molecule has 0 aromatic rings. The topological polar surface area (TPSA) is 55.1 Å². The van der Waals surface area contributed by atoms with Crippen molar-refractivity contribution in [2.24, 2.45) is 29.4 Å². The van der Waals surface area contributed by atoms with Gasteiger partial charge in [0.1, 0.15) is 0 Å². The smallest absolute Gasteiger partial charge is 0.223 e. The van der Waals surface area contributed by atoms with Crippen LogP contribution in [-0.4, -0.2) is 18.5 Å². The molecule has 4 heteroatoms. The van der Waals surface area contributed by atoms with Crippen LogP contribution >= 0.6 is 12.4 Å². The van der Waals surface area contributed by atoms with Gasteiger partial charge in [-0.2, -0.15) is 0 Å². The molecule has 3 atom stereocenters. The average molecular weight is 245 g/mol. The summed E-state index contributed by atoms with van der Waals surface area (Å²) in [6.07, 6.45) is 6.39. The number of carbonyl (C=O) groups is 1. The number of amides is 1. The molecule has 0 aromatic heterocycles. The standard InChI is InChI=1S/C12H20N2O.ClH/c13-6-10(7-4-5-7)14-12(15)11-8-2-1-3-9(8)11;/h7-11H,1-6,13H2,(H,14,15);1H. The fraction of sp³-hybridized carbons (Fsp3) is 0.917. The van der Waals surface area contributed by atoms with Crippen molar-refractivity contribution in [2.75, 3.05) is 6.54 Å². The minimum atomic E-state index is 0. The molecule has 3 rings (SSSR count). The first-order valence-electron chi connectivity index (χ1n) is 6.31. The summed E-state index contributed by atoms with van der Waals surface area (Å²) in [4.78, 5) is 12.0. The Morgan fingerprint density at radius 2 is 1.88 bits per heavy atom. The first-order valence-corrected chi connectivity index (χ1v) is 6.31. The van der Waals surface area contributed by atoms with Crippen LogP contribution in [0.3, 0.4) is 0 Å². The number of hydrogen-bond donors (Lipinski definition) is 2. The largest absolute Gasteiger partial charge is 0.352 e. The SMILES string of the molecule is Cl.NCC(NC(=O)C1C2CCCC21)C1CC1. The van der Waals surface area contributed by atoms with Gasteiger partial charge in [0.15, 0.2) is 0 Å². The molecule has 92 valence electrons. The summed E-state index contributed by atoms with van der Waals surface area (Å²) < 4.78 is 0. The van der Waals surface area contributed by atoms with E-state index >= 15 is 0 Å². The van der Waals surface area contributed by atoms with E-state index in [1.165, 1.54) is 32.1 Å². The second kappa shape index (κ2) is 4.53. The van der Waals surface area contributed by atoms with Crippen LogP contribution in [0.5, 0.6) is 0 Å². The lowest BCUT2D eigenvalue weighted by Gasteiger charge is -2.16. The molecule has 3 unspecified atom stereocenters. The maximum atomic E-state index is 12.0. The number of nitrogens with one attached hydrogen (secondary N) is 1. The third-order valence-corrected chi connectivity index (χ3v) is 4.48. The molecule has 3 aliphatic rings. The number of rotatable bonds is 4. The highest BCUT2D eigenvalue weighted by atomic mass is 35.5. The van der Waals surface area contributed by atoms with Crippen LogP contribution in [0.4, 0.5) is 0 Å². The first-order chi connectivity index (χ1) is 7.31. The molecular formula is C12H21ClN2O. The zero-order valence-corrected chi connectivity index (χ0v) is 10.3. The van der Waals surface area contributed by atoms with E-state index in [9.17, 15) is 4.79 Å². The van der Waals surface area contributed by atoms with E-state index in [-0.39, 0.29) is 18.4 Å². The maximum Gasteiger partial charge on any atom is 0.223 e. The summed E-state index contributed by atoms with van der Waals surface area (Å²) in [6, 6.07) is 0.263. The summed E-state index contributed by atoms with van der Waals surface area (Å²) in [5.74, 6) is 2.78. The van der Waals surface area contributed by atoms with Gasteiger partial charge < -0.3 is 11.1 Å². The highest BCUT2D eigenvalue weighted by Gasteiger charge is 2.56. The van der Waals surface area contributed by atoms with Crippen molar-refractivity contribution >= 4 is 18.3 Å². The summed E-state index contributed by atoms with van der Waals surface area (Å²) >= 11 is 0. The molecule has 0 aliphatic heterocycles. The number of halogens is 1. The second-order valence-electron chi connectivity index (χ2n) is 5.47. The lowest BCUT2D eigenvalue weighted by atomic mass is 10.1. The van der Waals surface area contributed by atoms with Crippen LogP contribution in [0.25, 0.3) is 0 Å². The van der Waals surface area contributed by atoms with E-state index in [1.54, 1.807) is 0 Å². The van der Waals surface area contributed by atoms with Crippen molar-refractivity contribution in [2.45, 2.75) is 38.1 Å². The van der Waals surface area contributed by atoms with Crippen molar-refractivity contribution in [1.29, 1.82) is 0 Å². The summed E-state index contributed by atoms with van der Waals surface area (Å²) in [6.45, 7) is 0.610. The van der Waals surface area contributed by atoms with Gasteiger partial charge in [-0.25, -0.2) is 0 Å². The van der Waals surface area contributed by atoms with Gasteiger partial charge in [-0.1, -0.05) is 6.42 Å². The van der Waals surface area contributed by atoms with Gasteiger partial charge >= 0.3 is 0 Å². The fourth-order valence-corrected chi connectivity index (χ4v) is 3.36. The van der Waals surface area contributed by atoms with E-state index in [1.807, 2.05) is 0 Å². The van der Waals surface area contributed by atoms with Crippen LogP contribution in [0.15, 0.2) is 0 Å². The number of hydrogen-bond acceptors (Lipinski definition) is 2.